The summed E-state index contributed by atoms with van der Waals surface area (Å²) in [4.78, 5) is 13.4. The van der Waals surface area contributed by atoms with Gasteiger partial charge in [-0.2, -0.15) is 0 Å². The Balaban J connectivity index is 1.71. The van der Waals surface area contributed by atoms with Crippen LogP contribution in [0.4, 0.5) is 11.4 Å². The van der Waals surface area contributed by atoms with Crippen molar-refractivity contribution in [3.05, 3.63) is 59.1 Å². The Hall–Kier alpha value is -2.73. The zero-order chi connectivity index (χ0) is 17.8. The number of amides is 1. The number of rotatable bonds is 5. The fourth-order valence-electron chi connectivity index (χ4n) is 2.35. The van der Waals surface area contributed by atoms with E-state index in [1.54, 1.807) is 30.3 Å². The Morgan fingerprint density at radius 1 is 1.08 bits per heavy atom. The molecule has 0 aliphatic carbocycles. The van der Waals surface area contributed by atoms with Crippen LogP contribution in [-0.4, -0.2) is 35.1 Å². The lowest BCUT2D eigenvalue weighted by Crippen LogP contribution is -2.23. The van der Waals surface area contributed by atoms with Crippen LogP contribution < -0.4 is 5.32 Å². The largest absolute Gasteiger partial charge is 0.356 e. The molecule has 2 aromatic carbocycles. The third-order valence-electron chi connectivity index (χ3n) is 3.73. The van der Waals surface area contributed by atoms with Crippen molar-refractivity contribution in [2.45, 2.75) is 13.3 Å². The van der Waals surface area contributed by atoms with Crippen LogP contribution in [0.1, 0.15) is 10.6 Å². The van der Waals surface area contributed by atoms with Gasteiger partial charge in [-0.15, -0.1) is 10.2 Å². The molecule has 0 fully saturated rings. The van der Waals surface area contributed by atoms with Crippen LogP contribution in [0, 0.1) is 6.92 Å². The molecular weight excluding hydrogens is 332 g/mol. The van der Waals surface area contributed by atoms with Gasteiger partial charge in [0.25, 0.3) is 0 Å². The molecule has 1 heterocycles. The summed E-state index contributed by atoms with van der Waals surface area (Å²) in [6.07, 6.45) is 0.416. The van der Waals surface area contributed by atoms with E-state index >= 15 is 0 Å². The summed E-state index contributed by atoms with van der Waals surface area (Å²) in [6.45, 7) is 1.95. The van der Waals surface area contributed by atoms with Crippen molar-refractivity contribution in [3.8, 4) is 10.6 Å². The zero-order valence-electron chi connectivity index (χ0n) is 14.5. The maximum atomic E-state index is 11.8. The maximum absolute atomic E-state index is 11.8. The van der Waals surface area contributed by atoms with Crippen LogP contribution in [0.2, 0.25) is 0 Å². The predicted molar refractivity (Wildman–Crippen MR) is 102 cm³/mol. The number of carbonyl (C=O) groups is 1. The van der Waals surface area contributed by atoms with Crippen molar-refractivity contribution in [1.29, 1.82) is 0 Å². The Morgan fingerprint density at radius 3 is 2.48 bits per heavy atom. The minimum Gasteiger partial charge on any atom is -0.356 e. The second kappa shape index (κ2) is 7.44. The number of benzene rings is 2. The fraction of sp³-hybridized carbons (Fsp3) is 0.211. The summed E-state index contributed by atoms with van der Waals surface area (Å²) in [5.41, 5.74) is 4.01. The van der Waals surface area contributed by atoms with Gasteiger partial charge in [0.05, 0.1) is 6.42 Å². The van der Waals surface area contributed by atoms with E-state index in [1.165, 1.54) is 0 Å². The van der Waals surface area contributed by atoms with Crippen LogP contribution in [0.15, 0.2) is 48.5 Å². The van der Waals surface area contributed by atoms with Crippen LogP contribution in [-0.2, 0) is 11.2 Å². The summed E-state index contributed by atoms with van der Waals surface area (Å²) in [6, 6.07) is 16.0. The van der Waals surface area contributed by atoms with Gasteiger partial charge in [-0.25, -0.2) is 0 Å². The molecule has 0 saturated heterocycles. The van der Waals surface area contributed by atoms with Gasteiger partial charge in [-0.05, 0) is 36.8 Å². The minimum atomic E-state index is 0.0979. The lowest BCUT2D eigenvalue weighted by atomic mass is 10.1. The number of nitrogens with zero attached hydrogens (tertiary/aromatic N) is 3. The van der Waals surface area contributed by atoms with Crippen molar-refractivity contribution in [2.24, 2.45) is 0 Å². The van der Waals surface area contributed by atoms with Gasteiger partial charge in [0, 0.05) is 31.0 Å². The molecule has 3 rings (SSSR count). The lowest BCUT2D eigenvalue weighted by Gasteiger charge is -2.11. The summed E-state index contributed by atoms with van der Waals surface area (Å²) in [5, 5.41) is 13.5. The highest BCUT2D eigenvalue weighted by molar-refractivity contribution is 7.14. The number of anilines is 2. The van der Waals surface area contributed by atoms with E-state index in [2.05, 4.69) is 21.6 Å². The Morgan fingerprint density at radius 2 is 1.84 bits per heavy atom. The lowest BCUT2D eigenvalue weighted by molar-refractivity contribution is -0.127. The van der Waals surface area contributed by atoms with Gasteiger partial charge in [-0.1, -0.05) is 35.6 Å². The molecule has 0 atom stereocenters. The van der Waals surface area contributed by atoms with Crippen molar-refractivity contribution >= 4 is 28.6 Å². The summed E-state index contributed by atoms with van der Waals surface area (Å²) in [5.74, 6) is 0.0979. The number of carbonyl (C=O) groups excluding carboxylic acids is 1. The van der Waals surface area contributed by atoms with Crippen molar-refractivity contribution in [2.75, 3.05) is 19.4 Å². The van der Waals surface area contributed by atoms with E-state index < -0.39 is 0 Å². The smallest absolute Gasteiger partial charge is 0.226 e. The van der Waals surface area contributed by atoms with Crippen molar-refractivity contribution in [1.82, 2.24) is 15.1 Å². The molecular formula is C19H20N4OS. The first kappa shape index (κ1) is 17.1. The van der Waals surface area contributed by atoms with E-state index in [4.69, 9.17) is 0 Å². The highest BCUT2D eigenvalue weighted by Crippen LogP contribution is 2.27. The van der Waals surface area contributed by atoms with Crippen molar-refractivity contribution in [3.63, 3.8) is 0 Å². The first-order chi connectivity index (χ1) is 12.0. The number of likely N-dealkylation sites (N-methyl/N-ethyl adjacent to an activating group) is 1. The third kappa shape index (κ3) is 4.42. The average Bonchev–Trinajstić information content (AvgIpc) is 3.03. The van der Waals surface area contributed by atoms with Gasteiger partial charge in [0.15, 0.2) is 0 Å². The third-order valence-corrected chi connectivity index (χ3v) is 4.62. The van der Waals surface area contributed by atoms with E-state index in [0.717, 1.165) is 32.5 Å². The molecule has 0 saturated carbocycles. The number of hydrogen-bond acceptors (Lipinski definition) is 5. The zero-order valence-corrected chi connectivity index (χ0v) is 15.3. The molecule has 128 valence electrons. The molecule has 0 radical (unpaired) electrons. The number of nitrogens with one attached hydrogen (secondary N) is 1. The molecule has 6 heteroatoms. The fourth-order valence-corrected chi connectivity index (χ4v) is 3.04. The quantitative estimate of drug-likeness (QED) is 0.757. The maximum Gasteiger partial charge on any atom is 0.226 e. The Labute approximate surface area is 151 Å². The van der Waals surface area contributed by atoms with Crippen LogP contribution >= 0.6 is 11.3 Å². The van der Waals surface area contributed by atoms with Crippen molar-refractivity contribution < 1.29 is 4.79 Å². The van der Waals surface area contributed by atoms with Gasteiger partial charge in [0.2, 0.25) is 5.91 Å². The molecule has 1 aromatic heterocycles. The second-order valence-corrected chi connectivity index (χ2v) is 7.18. The van der Waals surface area contributed by atoms with Gasteiger partial charge in [-0.3, -0.25) is 4.79 Å². The van der Waals surface area contributed by atoms with Gasteiger partial charge >= 0.3 is 0 Å². The predicted octanol–water partition coefficient (Wildman–Crippen LogP) is 3.89. The molecule has 25 heavy (non-hydrogen) atoms. The molecule has 0 aliphatic heterocycles. The molecule has 1 N–H and O–H groups in total. The standard InChI is InChI=1S/C19H20N4OS/c1-13-21-22-19(25-13)15-5-4-6-17(12-15)20-16-9-7-14(8-10-16)11-18(24)23(2)3/h4-10,12,20H,11H2,1-3H3. The van der Waals surface area contributed by atoms with E-state index in [-0.39, 0.29) is 5.91 Å². The highest BCUT2D eigenvalue weighted by atomic mass is 32.1. The first-order valence-corrected chi connectivity index (χ1v) is 8.79. The second-order valence-electron chi connectivity index (χ2n) is 5.99. The number of aryl methyl sites for hydroxylation is 1. The number of aromatic nitrogens is 2. The topological polar surface area (TPSA) is 58.1 Å². The van der Waals surface area contributed by atoms with Crippen LogP contribution in [0.3, 0.4) is 0 Å². The first-order valence-electron chi connectivity index (χ1n) is 7.98. The van der Waals surface area contributed by atoms with Gasteiger partial charge < -0.3 is 10.2 Å². The SMILES string of the molecule is Cc1nnc(-c2cccc(Nc3ccc(CC(=O)N(C)C)cc3)c2)s1. The molecule has 0 bridgehead atoms. The van der Waals surface area contributed by atoms with Crippen LogP contribution in [0.5, 0.6) is 0 Å². The number of hydrogen-bond donors (Lipinski definition) is 1. The van der Waals surface area contributed by atoms with E-state index in [0.29, 0.717) is 6.42 Å². The average molecular weight is 352 g/mol. The highest BCUT2D eigenvalue weighted by Gasteiger charge is 2.07. The molecule has 5 nitrogen and oxygen atoms in total. The molecule has 1 amide bonds. The molecule has 0 unspecified atom stereocenters. The molecule has 3 aromatic rings. The Bertz CT molecular complexity index is 871. The summed E-state index contributed by atoms with van der Waals surface area (Å²) < 4.78 is 0. The van der Waals surface area contributed by atoms with Gasteiger partial charge in [0.1, 0.15) is 10.0 Å². The van der Waals surface area contributed by atoms with E-state index in [1.807, 2.05) is 49.4 Å². The Kier molecular flexibility index (Phi) is 5.09. The monoisotopic (exact) mass is 352 g/mol. The minimum absolute atomic E-state index is 0.0979. The molecule has 0 spiro atoms. The normalized spacial score (nSPS) is 10.5. The van der Waals surface area contributed by atoms with E-state index in [9.17, 15) is 4.79 Å². The summed E-state index contributed by atoms with van der Waals surface area (Å²) >= 11 is 1.58. The summed E-state index contributed by atoms with van der Waals surface area (Å²) in [7, 11) is 3.54. The molecule has 0 aliphatic rings. The van der Waals surface area contributed by atoms with Crippen LogP contribution in [0.25, 0.3) is 10.6 Å².